The normalized spacial score (nSPS) is 14.2. The van der Waals surface area contributed by atoms with E-state index in [9.17, 15) is 18.3 Å². The SMILES string of the molecule is CC(O)(c1cccc(Br)c1)c1ccc(F)c(F)c1F. The second-order valence-electron chi connectivity index (χ2n) is 4.31. The molecule has 0 aliphatic rings. The summed E-state index contributed by atoms with van der Waals surface area (Å²) in [6, 6.07) is 8.38. The van der Waals surface area contributed by atoms with Crippen molar-refractivity contribution in [2.75, 3.05) is 0 Å². The zero-order chi connectivity index (χ0) is 14.2. The Bertz CT molecular complexity index is 626. The van der Waals surface area contributed by atoms with E-state index in [0.717, 1.165) is 12.1 Å². The maximum atomic E-state index is 13.8. The second-order valence-corrected chi connectivity index (χ2v) is 5.22. The van der Waals surface area contributed by atoms with Gasteiger partial charge < -0.3 is 5.11 Å². The van der Waals surface area contributed by atoms with E-state index in [0.29, 0.717) is 10.0 Å². The Balaban J connectivity index is 2.60. The van der Waals surface area contributed by atoms with E-state index in [-0.39, 0.29) is 5.56 Å². The highest BCUT2D eigenvalue weighted by Crippen LogP contribution is 2.33. The van der Waals surface area contributed by atoms with Gasteiger partial charge in [0.25, 0.3) is 0 Å². The number of rotatable bonds is 2. The van der Waals surface area contributed by atoms with Gasteiger partial charge in [0.15, 0.2) is 17.5 Å². The lowest BCUT2D eigenvalue weighted by Crippen LogP contribution is -2.25. The van der Waals surface area contributed by atoms with E-state index in [1.165, 1.54) is 6.92 Å². The van der Waals surface area contributed by atoms with Crippen LogP contribution < -0.4 is 0 Å². The molecule has 0 amide bonds. The van der Waals surface area contributed by atoms with Crippen LogP contribution in [-0.4, -0.2) is 5.11 Å². The summed E-state index contributed by atoms with van der Waals surface area (Å²) in [5.74, 6) is -4.26. The number of aliphatic hydroxyl groups is 1. The molecular weight excluding hydrogens is 321 g/mol. The minimum absolute atomic E-state index is 0.315. The summed E-state index contributed by atoms with van der Waals surface area (Å²) in [4.78, 5) is 0. The fraction of sp³-hybridized carbons (Fsp3) is 0.143. The van der Waals surface area contributed by atoms with Crippen LogP contribution in [0.3, 0.4) is 0 Å². The first-order valence-electron chi connectivity index (χ1n) is 5.46. The molecule has 2 rings (SSSR count). The van der Waals surface area contributed by atoms with Crippen molar-refractivity contribution in [3.63, 3.8) is 0 Å². The summed E-state index contributed by atoms with van der Waals surface area (Å²) in [5, 5.41) is 10.4. The number of halogens is 4. The lowest BCUT2D eigenvalue weighted by molar-refractivity contribution is 0.0966. The minimum atomic E-state index is -1.76. The monoisotopic (exact) mass is 330 g/mol. The molecule has 2 aromatic rings. The third-order valence-electron chi connectivity index (χ3n) is 2.95. The van der Waals surface area contributed by atoms with E-state index in [1.807, 2.05) is 0 Å². The molecule has 19 heavy (non-hydrogen) atoms. The zero-order valence-corrected chi connectivity index (χ0v) is 11.5. The lowest BCUT2D eigenvalue weighted by Gasteiger charge is -2.25. The van der Waals surface area contributed by atoms with Gasteiger partial charge in [0.1, 0.15) is 5.60 Å². The number of hydrogen-bond acceptors (Lipinski definition) is 1. The molecule has 0 saturated carbocycles. The molecule has 1 nitrogen and oxygen atoms in total. The van der Waals surface area contributed by atoms with Crippen LogP contribution in [0.25, 0.3) is 0 Å². The third-order valence-corrected chi connectivity index (χ3v) is 3.44. The largest absolute Gasteiger partial charge is 0.381 e. The van der Waals surface area contributed by atoms with Gasteiger partial charge in [-0.1, -0.05) is 28.1 Å². The quantitative estimate of drug-likeness (QED) is 0.821. The fourth-order valence-corrected chi connectivity index (χ4v) is 2.25. The summed E-state index contributed by atoms with van der Waals surface area (Å²) < 4.78 is 40.6. The van der Waals surface area contributed by atoms with Crippen LogP contribution in [0, 0.1) is 17.5 Å². The van der Waals surface area contributed by atoms with Crippen LogP contribution in [0.1, 0.15) is 18.1 Å². The minimum Gasteiger partial charge on any atom is -0.381 e. The highest BCUT2D eigenvalue weighted by molar-refractivity contribution is 9.10. The van der Waals surface area contributed by atoms with E-state index in [4.69, 9.17) is 0 Å². The summed E-state index contributed by atoms with van der Waals surface area (Å²) in [5.41, 5.74) is -1.71. The van der Waals surface area contributed by atoms with Crippen LogP contribution in [0.4, 0.5) is 13.2 Å². The first kappa shape index (κ1) is 14.1. The predicted molar refractivity (Wildman–Crippen MR) is 69.1 cm³/mol. The van der Waals surface area contributed by atoms with E-state index >= 15 is 0 Å². The Morgan fingerprint density at radius 1 is 1.05 bits per heavy atom. The van der Waals surface area contributed by atoms with Crippen molar-refractivity contribution in [3.05, 3.63) is 69.4 Å². The Hall–Kier alpha value is -1.33. The topological polar surface area (TPSA) is 20.2 Å². The number of benzene rings is 2. The molecule has 0 bridgehead atoms. The van der Waals surface area contributed by atoms with Gasteiger partial charge in [-0.25, -0.2) is 13.2 Å². The van der Waals surface area contributed by atoms with E-state index < -0.39 is 23.1 Å². The standard InChI is InChI=1S/C14H10BrF3O/c1-14(19,8-3-2-4-9(15)7-8)10-5-6-11(16)13(18)12(10)17/h2-7,19H,1H3. The van der Waals surface area contributed by atoms with Crippen molar-refractivity contribution in [3.8, 4) is 0 Å². The molecule has 0 heterocycles. The lowest BCUT2D eigenvalue weighted by atomic mass is 9.88. The molecule has 5 heteroatoms. The molecule has 0 spiro atoms. The van der Waals surface area contributed by atoms with Gasteiger partial charge in [0, 0.05) is 10.0 Å². The van der Waals surface area contributed by atoms with Gasteiger partial charge in [-0.15, -0.1) is 0 Å². The Labute approximate surface area is 116 Å². The molecular formula is C14H10BrF3O. The zero-order valence-electron chi connectivity index (χ0n) is 9.92. The summed E-state index contributed by atoms with van der Waals surface area (Å²) in [6.07, 6.45) is 0. The Kier molecular flexibility index (Phi) is 3.69. The summed E-state index contributed by atoms with van der Waals surface area (Å²) in [7, 11) is 0. The predicted octanol–water partition coefficient (Wildman–Crippen LogP) is 4.12. The van der Waals surface area contributed by atoms with Gasteiger partial charge in [-0.3, -0.25) is 0 Å². The average molecular weight is 331 g/mol. The highest BCUT2D eigenvalue weighted by Gasteiger charge is 2.31. The molecule has 0 fully saturated rings. The van der Waals surface area contributed by atoms with Crippen molar-refractivity contribution < 1.29 is 18.3 Å². The van der Waals surface area contributed by atoms with Gasteiger partial charge >= 0.3 is 0 Å². The van der Waals surface area contributed by atoms with Crippen molar-refractivity contribution >= 4 is 15.9 Å². The fourth-order valence-electron chi connectivity index (χ4n) is 1.85. The molecule has 2 aromatic carbocycles. The smallest absolute Gasteiger partial charge is 0.194 e. The molecule has 1 N–H and O–H groups in total. The van der Waals surface area contributed by atoms with Crippen LogP contribution in [0.5, 0.6) is 0 Å². The van der Waals surface area contributed by atoms with Crippen molar-refractivity contribution in [1.29, 1.82) is 0 Å². The van der Waals surface area contributed by atoms with Crippen molar-refractivity contribution in [2.24, 2.45) is 0 Å². The molecule has 0 aliphatic heterocycles. The maximum Gasteiger partial charge on any atom is 0.194 e. The van der Waals surface area contributed by atoms with E-state index in [1.54, 1.807) is 24.3 Å². The van der Waals surface area contributed by atoms with Gasteiger partial charge in [-0.2, -0.15) is 0 Å². The molecule has 100 valence electrons. The highest BCUT2D eigenvalue weighted by atomic mass is 79.9. The Morgan fingerprint density at radius 3 is 2.37 bits per heavy atom. The van der Waals surface area contributed by atoms with E-state index in [2.05, 4.69) is 15.9 Å². The average Bonchev–Trinajstić information content (AvgIpc) is 2.36. The van der Waals surface area contributed by atoms with Gasteiger partial charge in [0.2, 0.25) is 0 Å². The molecule has 0 saturated heterocycles. The first-order chi connectivity index (χ1) is 8.84. The first-order valence-corrected chi connectivity index (χ1v) is 6.25. The molecule has 0 aliphatic carbocycles. The number of hydrogen-bond donors (Lipinski definition) is 1. The van der Waals surface area contributed by atoms with Crippen molar-refractivity contribution in [2.45, 2.75) is 12.5 Å². The molecule has 1 unspecified atom stereocenters. The summed E-state index contributed by atoms with van der Waals surface area (Å²) in [6.45, 7) is 1.32. The van der Waals surface area contributed by atoms with Gasteiger partial charge in [-0.05, 0) is 36.8 Å². The molecule has 0 aromatic heterocycles. The van der Waals surface area contributed by atoms with Crippen LogP contribution in [-0.2, 0) is 5.60 Å². The van der Waals surface area contributed by atoms with Crippen LogP contribution in [0.2, 0.25) is 0 Å². The second kappa shape index (κ2) is 4.98. The van der Waals surface area contributed by atoms with Crippen LogP contribution in [0.15, 0.2) is 40.9 Å². The van der Waals surface area contributed by atoms with Gasteiger partial charge in [0.05, 0.1) is 0 Å². The molecule has 1 atom stereocenters. The van der Waals surface area contributed by atoms with Crippen LogP contribution >= 0.6 is 15.9 Å². The van der Waals surface area contributed by atoms with Crippen molar-refractivity contribution in [1.82, 2.24) is 0 Å². The third kappa shape index (κ3) is 2.53. The maximum absolute atomic E-state index is 13.8. The Morgan fingerprint density at radius 2 is 1.74 bits per heavy atom. The molecule has 0 radical (unpaired) electrons. The summed E-state index contributed by atoms with van der Waals surface area (Å²) >= 11 is 3.23.